The molecule has 1 heterocycles. The number of piperidine rings is 1. The van der Waals surface area contributed by atoms with Crippen molar-refractivity contribution in [3.05, 3.63) is 29.8 Å². The van der Waals surface area contributed by atoms with Crippen molar-refractivity contribution in [1.82, 2.24) is 9.62 Å². The summed E-state index contributed by atoms with van der Waals surface area (Å²) in [5, 5.41) is 2.94. The van der Waals surface area contributed by atoms with Crippen LogP contribution in [0.1, 0.15) is 39.2 Å². The highest BCUT2D eigenvalue weighted by atomic mass is 32.2. The van der Waals surface area contributed by atoms with E-state index in [1.165, 1.54) is 22.0 Å². The van der Waals surface area contributed by atoms with Crippen molar-refractivity contribution in [3.63, 3.8) is 0 Å². The number of sulfonamides is 1. The molecular formula is C19H32N3O3S+. The molecule has 1 aliphatic rings. The van der Waals surface area contributed by atoms with Gasteiger partial charge in [-0.15, -0.1) is 0 Å². The van der Waals surface area contributed by atoms with Gasteiger partial charge in [0.1, 0.15) is 0 Å². The molecule has 1 aliphatic heterocycles. The minimum absolute atomic E-state index is 0.0504. The molecule has 7 heteroatoms. The van der Waals surface area contributed by atoms with E-state index in [1.807, 2.05) is 13.8 Å². The molecule has 2 rings (SSSR count). The van der Waals surface area contributed by atoms with Gasteiger partial charge in [0.25, 0.3) is 5.91 Å². The van der Waals surface area contributed by atoms with Crippen LogP contribution in [0.3, 0.4) is 0 Å². The van der Waals surface area contributed by atoms with E-state index in [0.29, 0.717) is 31.1 Å². The van der Waals surface area contributed by atoms with Crippen molar-refractivity contribution >= 4 is 15.9 Å². The molecule has 0 saturated carbocycles. The van der Waals surface area contributed by atoms with Crippen molar-refractivity contribution < 1.29 is 18.1 Å². The molecule has 0 aliphatic carbocycles. The third-order valence-corrected chi connectivity index (χ3v) is 7.21. The van der Waals surface area contributed by atoms with Gasteiger partial charge >= 0.3 is 0 Å². The number of amides is 1. The van der Waals surface area contributed by atoms with Gasteiger partial charge in [0.05, 0.1) is 18.0 Å². The summed E-state index contributed by atoms with van der Waals surface area (Å²) >= 11 is 0. The van der Waals surface area contributed by atoms with Crippen molar-refractivity contribution in [2.45, 2.75) is 45.1 Å². The zero-order valence-corrected chi connectivity index (χ0v) is 16.9. The Kier molecular flexibility index (Phi) is 7.61. The molecule has 1 saturated heterocycles. The molecule has 0 spiro atoms. The predicted octanol–water partition coefficient (Wildman–Crippen LogP) is 0.648. The van der Waals surface area contributed by atoms with Crippen LogP contribution in [0, 0.1) is 5.92 Å². The number of hydrogen-bond donors (Lipinski definition) is 2. The highest BCUT2D eigenvalue weighted by molar-refractivity contribution is 7.89. The Hall–Kier alpha value is -1.44. The number of carbonyl (C=O) groups is 1. The normalized spacial score (nSPS) is 20.9. The first-order valence-corrected chi connectivity index (χ1v) is 11.0. The lowest BCUT2D eigenvalue weighted by Crippen LogP contribution is -3.14. The van der Waals surface area contributed by atoms with Crippen LogP contribution >= 0.6 is 0 Å². The number of quaternary nitrogens is 1. The number of nitrogens with one attached hydrogen (secondary N) is 2. The first-order chi connectivity index (χ1) is 12.4. The van der Waals surface area contributed by atoms with Gasteiger partial charge in [0, 0.05) is 19.6 Å². The molecule has 0 atom stereocenters. The molecule has 1 aromatic carbocycles. The molecule has 1 fully saturated rings. The monoisotopic (exact) mass is 382 g/mol. The lowest BCUT2D eigenvalue weighted by molar-refractivity contribution is -0.898. The van der Waals surface area contributed by atoms with Crippen LogP contribution in [0.25, 0.3) is 0 Å². The fourth-order valence-electron chi connectivity index (χ4n) is 3.33. The molecule has 6 nitrogen and oxygen atoms in total. The maximum atomic E-state index is 12.5. The van der Waals surface area contributed by atoms with E-state index in [0.717, 1.165) is 24.6 Å². The van der Waals surface area contributed by atoms with E-state index < -0.39 is 10.0 Å². The molecule has 0 radical (unpaired) electrons. The highest BCUT2D eigenvalue weighted by Crippen LogP contribution is 2.16. The summed E-state index contributed by atoms with van der Waals surface area (Å²) in [6.45, 7) is 9.89. The second-order valence-electron chi connectivity index (χ2n) is 7.12. The van der Waals surface area contributed by atoms with Crippen molar-refractivity contribution in [2.24, 2.45) is 5.92 Å². The fourth-order valence-corrected chi connectivity index (χ4v) is 4.79. The zero-order chi connectivity index (χ0) is 19.2. The Bertz CT molecular complexity index is 676. The summed E-state index contributed by atoms with van der Waals surface area (Å²) in [6.07, 6.45) is 2.37. The number of nitrogens with zero attached hydrogens (tertiary/aromatic N) is 1. The van der Waals surface area contributed by atoms with E-state index in [9.17, 15) is 13.2 Å². The number of hydrogen-bond acceptors (Lipinski definition) is 3. The predicted molar refractivity (Wildman–Crippen MR) is 102 cm³/mol. The lowest BCUT2D eigenvalue weighted by atomic mass is 9.99. The fraction of sp³-hybridized carbons (Fsp3) is 0.632. The number of likely N-dealkylation sites (tertiary alicyclic amines) is 1. The van der Waals surface area contributed by atoms with Gasteiger partial charge in [-0.05, 0) is 36.5 Å². The van der Waals surface area contributed by atoms with Crippen LogP contribution in [0.15, 0.2) is 29.2 Å². The minimum atomic E-state index is -3.43. The molecule has 0 unspecified atom stereocenters. The number of rotatable bonds is 8. The van der Waals surface area contributed by atoms with E-state index in [4.69, 9.17) is 0 Å². The van der Waals surface area contributed by atoms with E-state index in [-0.39, 0.29) is 5.91 Å². The summed E-state index contributed by atoms with van der Waals surface area (Å²) in [6, 6.07) is 6.77. The van der Waals surface area contributed by atoms with Gasteiger partial charge in [0.15, 0.2) is 6.54 Å². The van der Waals surface area contributed by atoms with Crippen molar-refractivity contribution in [1.29, 1.82) is 0 Å². The number of carbonyl (C=O) groups excluding carboxylic acids is 1. The Balaban J connectivity index is 1.86. The van der Waals surface area contributed by atoms with Gasteiger partial charge in [0.2, 0.25) is 10.0 Å². The Morgan fingerprint density at radius 3 is 2.27 bits per heavy atom. The average Bonchev–Trinajstić information content (AvgIpc) is 2.63. The molecular weight excluding hydrogens is 350 g/mol. The van der Waals surface area contributed by atoms with Crippen molar-refractivity contribution in [2.75, 3.05) is 32.7 Å². The maximum Gasteiger partial charge on any atom is 0.275 e. The lowest BCUT2D eigenvalue weighted by Gasteiger charge is -2.26. The van der Waals surface area contributed by atoms with Crippen molar-refractivity contribution in [3.8, 4) is 0 Å². The molecule has 1 amide bonds. The molecule has 0 bridgehead atoms. The smallest absolute Gasteiger partial charge is 0.275 e. The topological polar surface area (TPSA) is 70.9 Å². The van der Waals surface area contributed by atoms with Crippen LogP contribution in [-0.2, 0) is 21.4 Å². The third-order valence-electron chi connectivity index (χ3n) is 5.15. The summed E-state index contributed by atoms with van der Waals surface area (Å²) in [4.78, 5) is 13.8. The van der Waals surface area contributed by atoms with Crippen LogP contribution < -0.4 is 10.2 Å². The van der Waals surface area contributed by atoms with Crippen LogP contribution in [0.5, 0.6) is 0 Å². The first kappa shape index (κ1) is 20.9. The van der Waals surface area contributed by atoms with E-state index in [2.05, 4.69) is 12.2 Å². The van der Waals surface area contributed by atoms with Crippen LogP contribution in [0.2, 0.25) is 0 Å². The maximum absolute atomic E-state index is 12.5. The standard InChI is InChI=1S/C19H31N3O3S/c1-4-22(5-2)26(24,25)18-8-6-17(7-9-18)14-20-19(23)15-21-12-10-16(3)11-13-21/h6-9,16H,4-5,10-15H2,1-3H3,(H,20,23)/p+1. The minimum Gasteiger partial charge on any atom is -0.347 e. The zero-order valence-electron chi connectivity index (χ0n) is 16.1. The van der Waals surface area contributed by atoms with Gasteiger partial charge in [-0.2, -0.15) is 4.31 Å². The molecule has 1 aromatic rings. The summed E-state index contributed by atoms with van der Waals surface area (Å²) in [7, 11) is -3.43. The Morgan fingerprint density at radius 1 is 1.15 bits per heavy atom. The molecule has 146 valence electrons. The molecule has 26 heavy (non-hydrogen) atoms. The second-order valence-corrected chi connectivity index (χ2v) is 9.06. The van der Waals surface area contributed by atoms with Gasteiger partial charge in [-0.1, -0.05) is 32.9 Å². The largest absolute Gasteiger partial charge is 0.347 e. The van der Waals surface area contributed by atoms with Crippen LogP contribution in [-0.4, -0.2) is 51.4 Å². The summed E-state index contributed by atoms with van der Waals surface area (Å²) in [5.41, 5.74) is 0.902. The third kappa shape index (κ3) is 5.53. The quantitative estimate of drug-likeness (QED) is 0.693. The van der Waals surface area contributed by atoms with Gasteiger partial charge < -0.3 is 10.2 Å². The SMILES string of the molecule is CCN(CC)S(=O)(=O)c1ccc(CNC(=O)C[NH+]2CCC(C)CC2)cc1. The Morgan fingerprint density at radius 2 is 1.73 bits per heavy atom. The van der Waals surface area contributed by atoms with E-state index in [1.54, 1.807) is 24.3 Å². The summed E-state index contributed by atoms with van der Waals surface area (Å²) < 4.78 is 26.4. The second kappa shape index (κ2) is 9.48. The Labute approximate surface area is 157 Å². The van der Waals surface area contributed by atoms with Gasteiger partial charge in [-0.3, -0.25) is 4.79 Å². The number of benzene rings is 1. The average molecular weight is 383 g/mol. The summed E-state index contributed by atoms with van der Waals surface area (Å²) in [5.74, 6) is 0.822. The van der Waals surface area contributed by atoms with Gasteiger partial charge in [-0.25, -0.2) is 8.42 Å². The molecule has 2 N–H and O–H groups in total. The highest BCUT2D eigenvalue weighted by Gasteiger charge is 2.22. The van der Waals surface area contributed by atoms with E-state index >= 15 is 0 Å². The van der Waals surface area contributed by atoms with Crippen LogP contribution in [0.4, 0.5) is 0 Å². The first-order valence-electron chi connectivity index (χ1n) is 9.56. The molecule has 0 aromatic heterocycles.